The van der Waals surface area contributed by atoms with Gasteiger partial charge in [0.15, 0.2) is 9.84 Å². The molecule has 6 aliphatic rings. The number of hydrogen-bond donors (Lipinski definition) is 3. The Hall–Kier alpha value is -6.06. The molecule has 3 N–H and O–H groups in total. The fourth-order valence-corrected chi connectivity index (χ4v) is 17.7. The average molecular weight is 1320 g/mol. The Morgan fingerprint density at radius 2 is 0.828 bits per heavy atom. The zero-order chi connectivity index (χ0) is 64.9. The van der Waals surface area contributed by atoms with Crippen LogP contribution in [0, 0.1) is 17.8 Å². The maximum atomic E-state index is 12.9. The molecule has 18 heteroatoms. The number of piperidine rings is 3. The van der Waals surface area contributed by atoms with Crippen molar-refractivity contribution in [3.05, 3.63) is 196 Å². The lowest BCUT2D eigenvalue weighted by atomic mass is 9.90. The second-order valence-corrected chi connectivity index (χ2v) is 30.9. The Kier molecular flexibility index (Phi) is 26.3. The van der Waals surface area contributed by atoms with Crippen LogP contribution in [-0.2, 0) is 93.7 Å². The van der Waals surface area contributed by atoms with Crippen LogP contribution in [0.2, 0.25) is 0 Å². The Bertz CT molecular complexity index is 3500. The summed E-state index contributed by atoms with van der Waals surface area (Å²) in [6, 6.07) is 48.6. The smallest absolute Gasteiger partial charge is 0.224 e. The lowest BCUT2D eigenvalue weighted by molar-refractivity contribution is -0.132. The number of rotatable bonds is 18. The molecule has 3 amide bonds. The van der Waals surface area contributed by atoms with Crippen molar-refractivity contribution >= 4 is 50.1 Å². The number of nitrogens with zero attached hydrogens (tertiary/aromatic N) is 6. The van der Waals surface area contributed by atoms with Crippen LogP contribution in [0.15, 0.2) is 160 Å². The number of aliphatic hydroxyl groups is 3. The molecule has 0 spiro atoms. The van der Waals surface area contributed by atoms with Gasteiger partial charge in [0.2, 0.25) is 17.7 Å². The first-order valence-corrected chi connectivity index (χ1v) is 37.8. The first kappa shape index (κ1) is 69.8. The predicted octanol–water partition coefficient (Wildman–Crippen LogP) is 9.57. The van der Waals surface area contributed by atoms with Crippen LogP contribution in [0.25, 0.3) is 0 Å². The number of benzene rings is 6. The molecular weight excluding hydrogens is 1230 g/mol. The monoisotopic (exact) mass is 1320 g/mol. The SMILES string of the molecule is O=C(CCN1CCC(Cc2ccccc2)CC1)N1CCS(=O)(=O)c2ccc(CO)cc2C1.O=C(CCN1CCC(Cc2ccccc2)CC1)N1CCS(=O)c2ccc(CO)cc2C1.O=C(CCN1CCC(Cc2ccccc2)CC1)N1CCSc2ccc(CO)cc2C1. The van der Waals surface area contributed by atoms with Crippen molar-refractivity contribution in [3.63, 3.8) is 0 Å². The number of fused-ring (bicyclic) bond motifs is 3. The highest BCUT2D eigenvalue weighted by molar-refractivity contribution is 7.99. The van der Waals surface area contributed by atoms with Gasteiger partial charge in [-0.25, -0.2) is 8.42 Å². The van der Waals surface area contributed by atoms with Crippen molar-refractivity contribution in [2.75, 3.05) is 95.8 Å². The minimum absolute atomic E-state index is 0.00568. The van der Waals surface area contributed by atoms with E-state index in [2.05, 4.69) is 106 Å². The molecule has 1 atom stereocenters. The van der Waals surface area contributed by atoms with Gasteiger partial charge in [0.1, 0.15) is 0 Å². The summed E-state index contributed by atoms with van der Waals surface area (Å²) in [7, 11) is -4.52. The molecule has 0 saturated carbocycles. The summed E-state index contributed by atoms with van der Waals surface area (Å²) in [4.78, 5) is 53.8. The number of carbonyl (C=O) groups excluding carboxylic acids is 3. The van der Waals surface area contributed by atoms with E-state index in [9.17, 15) is 42.3 Å². The topological polar surface area (TPSA) is 183 Å². The third-order valence-electron chi connectivity index (χ3n) is 19.6. The summed E-state index contributed by atoms with van der Waals surface area (Å²) in [6.45, 7) is 11.5. The molecule has 0 radical (unpaired) electrons. The van der Waals surface area contributed by atoms with E-state index < -0.39 is 20.6 Å². The van der Waals surface area contributed by atoms with E-state index in [0.29, 0.717) is 68.2 Å². The maximum Gasteiger partial charge on any atom is 0.224 e. The van der Waals surface area contributed by atoms with Crippen LogP contribution >= 0.6 is 11.8 Å². The van der Waals surface area contributed by atoms with Crippen LogP contribution < -0.4 is 0 Å². The molecule has 498 valence electrons. The van der Waals surface area contributed by atoms with Gasteiger partial charge in [-0.15, -0.1) is 11.8 Å². The molecule has 6 aliphatic heterocycles. The standard InChI is InChI=1S/C25H32N2O4S.C25H32N2O3S.C25H32N2O2S/c28-19-22-6-7-24-23(17-22)18-27(14-15-32(24,30)31)25(29)10-13-26-11-8-21(9-12-26)16-20-4-2-1-3-5-20;28-19-22-6-7-24-23(17-22)18-27(14-15-31(24)30)25(29)10-13-26-11-8-21(9-12-26)16-20-4-2-1-3-5-20;28-19-22-6-7-24-23(17-22)18-27(14-15-30-24)25(29)10-13-26-11-8-21(9-12-26)16-20-4-2-1-3-5-20/h1-7,17,21,28H,8-16,18-19H2;1-7,17,21,28H,8-16,18-19H2;1-7,17,21,28H,8-16,18-19H2. The van der Waals surface area contributed by atoms with E-state index in [-0.39, 0.29) is 61.3 Å². The zero-order valence-corrected chi connectivity index (χ0v) is 56.6. The summed E-state index contributed by atoms with van der Waals surface area (Å²) in [5.41, 5.74) is 9.29. The molecule has 15 nitrogen and oxygen atoms in total. The van der Waals surface area contributed by atoms with Crippen LogP contribution in [0.1, 0.15) is 108 Å². The molecule has 6 heterocycles. The largest absolute Gasteiger partial charge is 0.392 e. The van der Waals surface area contributed by atoms with E-state index in [0.717, 1.165) is 124 Å². The minimum atomic E-state index is -3.42. The van der Waals surface area contributed by atoms with Crippen LogP contribution in [0.4, 0.5) is 0 Å². The van der Waals surface area contributed by atoms with Gasteiger partial charge < -0.3 is 44.7 Å². The van der Waals surface area contributed by atoms with Gasteiger partial charge in [0.05, 0.1) is 41.3 Å². The second kappa shape index (κ2) is 35.1. The number of aliphatic hydroxyl groups excluding tert-OH is 3. The molecule has 3 saturated heterocycles. The molecule has 93 heavy (non-hydrogen) atoms. The van der Waals surface area contributed by atoms with E-state index >= 15 is 0 Å². The Balaban J connectivity index is 0.000000153. The van der Waals surface area contributed by atoms with Crippen LogP contribution in [0.5, 0.6) is 0 Å². The highest BCUT2D eigenvalue weighted by atomic mass is 32.2. The molecule has 6 aromatic carbocycles. The Morgan fingerprint density at radius 3 is 1.29 bits per heavy atom. The average Bonchev–Trinajstić information content (AvgIpc) is 1.81. The fourth-order valence-electron chi connectivity index (χ4n) is 14.0. The van der Waals surface area contributed by atoms with Gasteiger partial charge in [-0.05, 0) is 183 Å². The lowest BCUT2D eigenvalue weighted by Gasteiger charge is -2.32. The summed E-state index contributed by atoms with van der Waals surface area (Å²) in [5.74, 6) is 3.91. The van der Waals surface area contributed by atoms with Crippen molar-refractivity contribution in [1.29, 1.82) is 0 Å². The maximum absolute atomic E-state index is 12.9. The van der Waals surface area contributed by atoms with Gasteiger partial charge in [0.25, 0.3) is 0 Å². The summed E-state index contributed by atoms with van der Waals surface area (Å²) < 4.78 is 37.8. The molecule has 1 unspecified atom stereocenters. The van der Waals surface area contributed by atoms with Crippen molar-refractivity contribution < 1.29 is 42.3 Å². The third kappa shape index (κ3) is 20.7. The molecule has 0 bridgehead atoms. The molecule has 12 rings (SSSR count). The highest BCUT2D eigenvalue weighted by Gasteiger charge is 2.30. The van der Waals surface area contributed by atoms with Gasteiger partial charge in [0, 0.05) is 99.5 Å². The quantitative estimate of drug-likeness (QED) is 0.0741. The predicted molar refractivity (Wildman–Crippen MR) is 369 cm³/mol. The van der Waals surface area contributed by atoms with Crippen molar-refractivity contribution in [1.82, 2.24) is 29.4 Å². The Morgan fingerprint density at radius 1 is 0.441 bits per heavy atom. The normalized spacial score (nSPS) is 19.3. The van der Waals surface area contributed by atoms with E-state index in [4.69, 9.17) is 0 Å². The lowest BCUT2D eigenvalue weighted by Crippen LogP contribution is -2.39. The summed E-state index contributed by atoms with van der Waals surface area (Å²) in [6.07, 6.45) is 12.0. The minimum Gasteiger partial charge on any atom is -0.392 e. The fraction of sp³-hybridized carbons (Fsp3) is 0.480. The first-order chi connectivity index (χ1) is 45.3. The molecular formula is C75H96N6O9S3. The van der Waals surface area contributed by atoms with E-state index in [1.807, 2.05) is 58.0 Å². The molecule has 6 aromatic rings. The third-order valence-corrected chi connectivity index (χ3v) is 23.9. The van der Waals surface area contributed by atoms with Crippen molar-refractivity contribution in [3.8, 4) is 0 Å². The molecule has 0 aliphatic carbocycles. The number of sulfone groups is 1. The number of thioether (sulfide) groups is 1. The van der Waals surface area contributed by atoms with Gasteiger partial charge in [-0.2, -0.15) is 0 Å². The van der Waals surface area contributed by atoms with E-state index in [1.54, 1.807) is 23.1 Å². The van der Waals surface area contributed by atoms with Gasteiger partial charge in [-0.3, -0.25) is 18.6 Å². The molecule has 0 aromatic heterocycles. The van der Waals surface area contributed by atoms with Crippen molar-refractivity contribution in [2.24, 2.45) is 17.8 Å². The number of likely N-dealkylation sites (tertiary alicyclic amines) is 3. The molecule has 3 fully saturated rings. The second-order valence-electron chi connectivity index (χ2n) is 26.1. The van der Waals surface area contributed by atoms with E-state index in [1.165, 1.54) is 59.3 Å². The van der Waals surface area contributed by atoms with Crippen molar-refractivity contribution in [2.45, 2.75) is 131 Å². The zero-order valence-electron chi connectivity index (χ0n) is 54.1. The van der Waals surface area contributed by atoms with Gasteiger partial charge in [-0.1, -0.05) is 127 Å². The highest BCUT2D eigenvalue weighted by Crippen LogP contribution is 2.31. The summed E-state index contributed by atoms with van der Waals surface area (Å²) >= 11 is 1.81. The number of carbonyl (C=O) groups is 3. The Labute approximate surface area is 558 Å². The summed E-state index contributed by atoms with van der Waals surface area (Å²) in [5, 5.41) is 28.2. The number of amides is 3. The van der Waals surface area contributed by atoms with Crippen LogP contribution in [-0.4, -0.2) is 171 Å². The first-order valence-electron chi connectivity index (χ1n) is 33.8. The number of hydrogen-bond acceptors (Lipinski definition) is 13. The van der Waals surface area contributed by atoms with Gasteiger partial charge >= 0.3 is 0 Å². The van der Waals surface area contributed by atoms with Crippen LogP contribution in [0.3, 0.4) is 0 Å².